The Hall–Kier alpha value is -6.36. The van der Waals surface area contributed by atoms with Gasteiger partial charge in [-0.15, -0.1) is 0 Å². The fourth-order valence-electron chi connectivity index (χ4n) is 9.82. The summed E-state index contributed by atoms with van der Waals surface area (Å²) in [6.07, 6.45) is 16.3. The van der Waals surface area contributed by atoms with Crippen molar-refractivity contribution in [2.45, 2.75) is 200 Å². The van der Waals surface area contributed by atoms with Crippen LogP contribution in [0, 0.1) is 17.9 Å². The van der Waals surface area contributed by atoms with Crippen LogP contribution in [0.15, 0.2) is 39.2 Å². The summed E-state index contributed by atoms with van der Waals surface area (Å²) in [7, 11) is 3.06. The minimum Gasteiger partial charge on any atom is -0.493 e. The number of furan rings is 2. The lowest BCUT2D eigenvalue weighted by atomic mass is 9.93. The molecule has 16 nitrogen and oxygen atoms in total. The lowest BCUT2D eigenvalue weighted by Crippen LogP contribution is -2.42. The second-order valence-electron chi connectivity index (χ2n) is 21.5. The van der Waals surface area contributed by atoms with Crippen molar-refractivity contribution in [2.75, 3.05) is 38.9 Å². The topological polar surface area (TPSA) is 215 Å². The van der Waals surface area contributed by atoms with Crippen LogP contribution < -0.4 is 19.7 Å². The van der Waals surface area contributed by atoms with E-state index in [1.807, 2.05) is 32.0 Å². The first kappa shape index (κ1) is 60.5. The lowest BCUT2D eigenvalue weighted by Gasteiger charge is -2.35. The monoisotopic (exact) mass is 1050 g/mol. The molecule has 0 spiro atoms. The molecule has 3 heterocycles. The number of fused-ring (bicyclic) bond motifs is 3. The highest BCUT2D eigenvalue weighted by Gasteiger charge is 2.36. The number of nitrogens with one attached hydrogen (secondary N) is 1. The molecule has 5 rings (SSSR count). The number of hydrogen-bond acceptors (Lipinski definition) is 13. The summed E-state index contributed by atoms with van der Waals surface area (Å²) in [6, 6.07) is 7.56. The molecule has 2 atom stereocenters. The van der Waals surface area contributed by atoms with Gasteiger partial charge in [-0.05, 0) is 167 Å². The third-order valence-corrected chi connectivity index (χ3v) is 13.8. The Kier molecular flexibility index (Phi) is 23.3. The van der Waals surface area contributed by atoms with E-state index in [-0.39, 0.29) is 56.5 Å². The van der Waals surface area contributed by atoms with Gasteiger partial charge in [-0.25, -0.2) is 16.2 Å². The van der Waals surface area contributed by atoms with Crippen molar-refractivity contribution in [3.8, 4) is 17.6 Å². The maximum atomic E-state index is 13.9. The van der Waals surface area contributed by atoms with Crippen molar-refractivity contribution < 1.29 is 57.2 Å². The van der Waals surface area contributed by atoms with Crippen molar-refractivity contribution >= 4 is 51.4 Å². The number of carbonyl (C=O) groups excluding carboxylic acids is 4. The minimum absolute atomic E-state index is 0.0217. The minimum atomic E-state index is -0.807. The van der Waals surface area contributed by atoms with Crippen molar-refractivity contribution in [1.29, 1.82) is 5.26 Å². The van der Waals surface area contributed by atoms with Gasteiger partial charge in [-0.2, -0.15) is 5.26 Å². The Morgan fingerprint density at radius 1 is 0.803 bits per heavy atom. The first-order valence-electron chi connectivity index (χ1n) is 27.3. The number of anilines is 1. The highest BCUT2D eigenvalue weighted by atomic mass is 16.5. The molecule has 3 N–H and O–H groups in total. The molecule has 2 amide bonds. The van der Waals surface area contributed by atoms with Crippen molar-refractivity contribution in [1.82, 2.24) is 5.32 Å². The molecule has 0 saturated heterocycles. The van der Waals surface area contributed by atoms with Gasteiger partial charge in [0.2, 0.25) is 18.4 Å². The predicted octanol–water partition coefficient (Wildman–Crippen LogP) is 11.8. The molecule has 76 heavy (non-hydrogen) atoms. The first-order valence-corrected chi connectivity index (χ1v) is 27.3. The third-order valence-electron chi connectivity index (χ3n) is 13.8. The van der Waals surface area contributed by atoms with E-state index in [2.05, 4.69) is 28.4 Å². The van der Waals surface area contributed by atoms with Crippen molar-refractivity contribution in [3.05, 3.63) is 75.5 Å². The number of rotatable bonds is 33. The summed E-state index contributed by atoms with van der Waals surface area (Å²) < 4.78 is 35.9. The van der Waals surface area contributed by atoms with Crippen LogP contribution >= 0.6 is 0 Å². The maximum Gasteiger partial charge on any atom is 0.342 e. The Morgan fingerprint density at radius 2 is 1.39 bits per heavy atom. The van der Waals surface area contributed by atoms with Crippen LogP contribution in [0.1, 0.15) is 194 Å². The van der Waals surface area contributed by atoms with E-state index in [1.54, 1.807) is 32.6 Å². The highest BCUT2D eigenvalue weighted by molar-refractivity contribution is 6.10. The molecule has 0 saturated carbocycles. The highest BCUT2D eigenvalue weighted by Crippen LogP contribution is 2.47. The Morgan fingerprint density at radius 3 is 1.97 bits per heavy atom. The van der Waals surface area contributed by atoms with Gasteiger partial charge in [0.1, 0.15) is 22.6 Å². The number of methoxy groups -OCH3 is 2. The Bertz CT molecular complexity index is 2710. The first-order chi connectivity index (χ1) is 36.3. The molecular formula is C60H82N4O12. The molecule has 2 aromatic carbocycles. The van der Waals surface area contributed by atoms with Crippen LogP contribution in [0.2, 0.25) is 0 Å². The lowest BCUT2D eigenvalue weighted by molar-refractivity contribution is -0.122. The number of allylic oxidation sites excluding steroid dienone is 2. The van der Waals surface area contributed by atoms with Crippen LogP contribution in [0.5, 0.6) is 11.5 Å². The van der Waals surface area contributed by atoms with Gasteiger partial charge in [0.25, 0.3) is 0 Å². The number of amides is 2. The smallest absolute Gasteiger partial charge is 0.342 e. The molecule has 0 radical (unpaired) electrons. The number of aliphatic hydroxyl groups is 2. The molecule has 2 unspecified atom stereocenters. The Labute approximate surface area is 449 Å². The molecule has 1 aliphatic heterocycles. The van der Waals surface area contributed by atoms with E-state index in [9.17, 15) is 34.7 Å². The third kappa shape index (κ3) is 17.6. The van der Waals surface area contributed by atoms with Crippen LogP contribution in [-0.4, -0.2) is 91.2 Å². The maximum absolute atomic E-state index is 13.9. The molecule has 1 aliphatic rings. The summed E-state index contributed by atoms with van der Waals surface area (Å²) in [5, 5.41) is 33.7. The van der Waals surface area contributed by atoms with Crippen LogP contribution in [0.3, 0.4) is 0 Å². The van der Waals surface area contributed by atoms with Crippen LogP contribution in [-0.2, 0) is 44.7 Å². The number of esters is 2. The standard InChI is InChI=1S/C60H82N4O12/c1-40(23-20-31-59(3,4)69)63-49(65)29-27-42-37-44-51(47(26-22-34-62-7)75-54(44)48(38-42)71-8)57(67)73-35-18-14-12-10-11-13-15-19-36-74-58(68)52-45-39-43-28-30-50(66)64(41(2)24-21-32-60(5,6)70)53(43)56(72-9)55(45)76-46(52)25-16-17-33-61/h10-11,37-41,69-70H,12-32,34-36H2,1-6,8-9H3,(H,63,65)/b11-10-. The number of nitrogens with zero attached hydrogens (tertiary/aromatic N) is 3. The molecule has 0 bridgehead atoms. The van der Waals surface area contributed by atoms with Gasteiger partial charge in [0.05, 0.1) is 50.4 Å². The number of ether oxygens (including phenoxy) is 4. The van der Waals surface area contributed by atoms with Crippen molar-refractivity contribution in [3.63, 3.8) is 0 Å². The summed E-state index contributed by atoms with van der Waals surface area (Å²) in [4.78, 5) is 59.2. The number of hydrogen-bond donors (Lipinski definition) is 3. The second-order valence-corrected chi connectivity index (χ2v) is 21.5. The number of aryl methyl sites for hydroxylation is 4. The normalized spacial score (nSPS) is 13.6. The van der Waals surface area contributed by atoms with Gasteiger partial charge in [0.15, 0.2) is 22.7 Å². The molecule has 0 aliphatic carbocycles. The average Bonchev–Trinajstić information content (AvgIpc) is 3.92. The molecule has 2 aromatic heterocycles. The van der Waals surface area contributed by atoms with Gasteiger partial charge in [-0.3, -0.25) is 9.59 Å². The summed E-state index contributed by atoms with van der Waals surface area (Å²) in [5.74, 6) is 0.563. The number of benzene rings is 2. The molecule has 16 heteroatoms. The van der Waals surface area contributed by atoms with E-state index < -0.39 is 23.1 Å². The van der Waals surface area contributed by atoms with E-state index in [0.29, 0.717) is 139 Å². The zero-order chi connectivity index (χ0) is 55.4. The second kappa shape index (κ2) is 29.2. The zero-order valence-corrected chi connectivity index (χ0v) is 46.3. The SMILES string of the molecule is [C-]#[N+]CCCc1oc2c(OC)cc(CCC(=O)NC(C)CCCC(C)(C)O)cc2c1C(=O)OCCCC/C=C\CCCCOC(=O)c1c(CCCC#N)oc2c(OC)c3c(cc12)CCC(=O)N3C(C)CCCC(C)(C)O. The fourth-order valence-corrected chi connectivity index (χ4v) is 9.82. The van der Waals surface area contributed by atoms with Gasteiger partial charge in [-0.1, -0.05) is 12.2 Å². The average molecular weight is 1050 g/mol. The molecule has 4 aromatic rings. The quantitative estimate of drug-likeness (QED) is 0.0175. The summed E-state index contributed by atoms with van der Waals surface area (Å²) >= 11 is 0. The number of nitriles is 1. The zero-order valence-electron chi connectivity index (χ0n) is 46.3. The van der Waals surface area contributed by atoms with Gasteiger partial charge >= 0.3 is 11.9 Å². The van der Waals surface area contributed by atoms with Crippen LogP contribution in [0.25, 0.3) is 26.8 Å². The van der Waals surface area contributed by atoms with Gasteiger partial charge < -0.3 is 53.1 Å². The Balaban J connectivity index is 1.12. The van der Waals surface area contributed by atoms with E-state index in [4.69, 9.17) is 34.4 Å². The fraction of sp³-hybridized carbons (Fsp3) is 0.600. The number of carbonyl (C=O) groups is 4. The molecule has 0 fully saturated rings. The number of unbranched alkanes of at least 4 members (excludes halogenated alkanes) is 5. The van der Waals surface area contributed by atoms with E-state index in [1.165, 1.54) is 14.2 Å². The summed E-state index contributed by atoms with van der Waals surface area (Å²) in [6.45, 7) is 19.0. The van der Waals surface area contributed by atoms with E-state index >= 15 is 0 Å². The van der Waals surface area contributed by atoms with Crippen LogP contribution in [0.4, 0.5) is 5.69 Å². The van der Waals surface area contributed by atoms with Gasteiger partial charge in [0, 0.05) is 61.4 Å². The molecule has 414 valence electrons. The van der Waals surface area contributed by atoms with E-state index in [0.717, 1.165) is 56.1 Å². The predicted molar refractivity (Wildman–Crippen MR) is 293 cm³/mol. The molecular weight excluding hydrogens is 969 g/mol. The largest absolute Gasteiger partial charge is 0.493 e. The summed E-state index contributed by atoms with van der Waals surface area (Å²) in [5.41, 5.74) is 2.19. The van der Waals surface area contributed by atoms with Crippen molar-refractivity contribution in [2.24, 2.45) is 0 Å².